The number of amides is 2. The van der Waals surface area contributed by atoms with Crippen molar-refractivity contribution in [2.24, 2.45) is 0 Å². The van der Waals surface area contributed by atoms with Crippen LogP contribution >= 0.6 is 0 Å². The Morgan fingerprint density at radius 2 is 2.00 bits per heavy atom. The number of likely N-dealkylation sites (tertiary alicyclic amines) is 2. The molecule has 2 heterocycles. The zero-order chi connectivity index (χ0) is 18.9. The van der Waals surface area contributed by atoms with Gasteiger partial charge in [0.1, 0.15) is 6.04 Å². The molecule has 0 aromatic heterocycles. The van der Waals surface area contributed by atoms with Crippen LogP contribution in [-0.2, 0) is 25.7 Å². The lowest BCUT2D eigenvalue weighted by molar-refractivity contribution is -0.161. The summed E-state index contributed by atoms with van der Waals surface area (Å²) < 4.78 is 5.18. The minimum Gasteiger partial charge on any atom is -0.479 e. The number of carbonyl (C=O) groups is 3. The fourth-order valence-electron chi connectivity index (χ4n) is 3.69. The zero-order valence-electron chi connectivity index (χ0n) is 15.1. The first-order chi connectivity index (χ1) is 12.4. The molecule has 1 N–H and O–H groups in total. The molecule has 1 aromatic carbocycles. The smallest absolute Gasteiger partial charge is 0.337 e. The van der Waals surface area contributed by atoms with Gasteiger partial charge in [0.2, 0.25) is 11.8 Å². The largest absolute Gasteiger partial charge is 0.479 e. The average molecular weight is 360 g/mol. The van der Waals surface area contributed by atoms with Crippen molar-refractivity contribution in [2.75, 3.05) is 20.2 Å². The van der Waals surface area contributed by atoms with Gasteiger partial charge in [0, 0.05) is 33.0 Å². The lowest BCUT2D eigenvalue weighted by Gasteiger charge is -2.29. The van der Waals surface area contributed by atoms with E-state index in [1.807, 2.05) is 31.2 Å². The van der Waals surface area contributed by atoms with Crippen molar-refractivity contribution >= 4 is 17.8 Å². The van der Waals surface area contributed by atoms with Gasteiger partial charge in [0.15, 0.2) is 5.60 Å². The first-order valence-electron chi connectivity index (χ1n) is 8.78. The summed E-state index contributed by atoms with van der Waals surface area (Å²) >= 11 is 0. The average Bonchev–Trinajstić information content (AvgIpc) is 3.22. The third-order valence-electron chi connectivity index (χ3n) is 5.41. The first kappa shape index (κ1) is 18.4. The van der Waals surface area contributed by atoms with Gasteiger partial charge in [-0.1, -0.05) is 29.8 Å². The van der Waals surface area contributed by atoms with E-state index in [1.165, 1.54) is 12.0 Å². The van der Waals surface area contributed by atoms with Crippen LogP contribution in [0, 0.1) is 6.92 Å². The number of carboxylic acid groups (broad SMARTS) is 1. The van der Waals surface area contributed by atoms with Gasteiger partial charge in [-0.15, -0.1) is 0 Å². The van der Waals surface area contributed by atoms with E-state index in [-0.39, 0.29) is 24.8 Å². The van der Waals surface area contributed by atoms with Crippen LogP contribution in [0.5, 0.6) is 0 Å². The Bertz CT molecular complexity index is 717. The lowest BCUT2D eigenvalue weighted by atomic mass is 10.0. The zero-order valence-corrected chi connectivity index (χ0v) is 15.1. The molecule has 2 atom stereocenters. The molecular formula is C19H24N2O5. The van der Waals surface area contributed by atoms with Gasteiger partial charge in [-0.2, -0.15) is 0 Å². The number of methoxy groups -OCH3 is 1. The highest BCUT2D eigenvalue weighted by atomic mass is 16.5. The Labute approximate surface area is 152 Å². The van der Waals surface area contributed by atoms with Crippen LogP contribution in [0.3, 0.4) is 0 Å². The molecule has 140 valence electrons. The van der Waals surface area contributed by atoms with E-state index in [2.05, 4.69) is 0 Å². The van der Waals surface area contributed by atoms with Crippen LogP contribution in [0.2, 0.25) is 0 Å². The van der Waals surface area contributed by atoms with Crippen molar-refractivity contribution in [1.29, 1.82) is 0 Å². The predicted octanol–water partition coefficient (Wildman–Crippen LogP) is 1.19. The summed E-state index contributed by atoms with van der Waals surface area (Å²) in [6.07, 6.45) is 1.06. The van der Waals surface area contributed by atoms with Crippen LogP contribution in [0.4, 0.5) is 0 Å². The monoisotopic (exact) mass is 360 g/mol. The number of carboxylic acids is 1. The van der Waals surface area contributed by atoms with E-state index >= 15 is 0 Å². The van der Waals surface area contributed by atoms with E-state index in [9.17, 15) is 19.5 Å². The Hall–Kier alpha value is -2.41. The molecule has 7 heteroatoms. The van der Waals surface area contributed by atoms with Crippen LogP contribution in [0.25, 0.3) is 0 Å². The SMILES string of the molecule is COC1(C(=O)O)CCN(C(=O)C2CCC(=O)N2Cc2ccc(C)cc2)C1. The molecule has 0 bridgehead atoms. The van der Waals surface area contributed by atoms with Crippen LogP contribution < -0.4 is 0 Å². The highest BCUT2D eigenvalue weighted by Crippen LogP contribution is 2.29. The minimum atomic E-state index is -1.35. The normalized spacial score (nSPS) is 25.8. The molecule has 0 radical (unpaired) electrons. The second-order valence-electron chi connectivity index (χ2n) is 7.08. The number of aliphatic carboxylic acids is 1. The van der Waals surface area contributed by atoms with Crippen molar-refractivity contribution in [3.8, 4) is 0 Å². The van der Waals surface area contributed by atoms with E-state index in [1.54, 1.807) is 4.90 Å². The topological polar surface area (TPSA) is 87.1 Å². The van der Waals surface area contributed by atoms with Gasteiger partial charge in [0.05, 0.1) is 6.54 Å². The van der Waals surface area contributed by atoms with Crippen LogP contribution in [0.1, 0.15) is 30.4 Å². The Kier molecular flexibility index (Phi) is 5.00. The van der Waals surface area contributed by atoms with Crippen LogP contribution in [-0.4, -0.2) is 64.5 Å². The molecule has 2 saturated heterocycles. The van der Waals surface area contributed by atoms with E-state index in [0.717, 1.165) is 11.1 Å². The maximum absolute atomic E-state index is 13.0. The van der Waals surface area contributed by atoms with E-state index in [4.69, 9.17) is 4.74 Å². The Morgan fingerprint density at radius 1 is 1.31 bits per heavy atom. The molecular weight excluding hydrogens is 336 g/mol. The molecule has 0 saturated carbocycles. The number of hydrogen-bond acceptors (Lipinski definition) is 4. The maximum atomic E-state index is 13.0. The second kappa shape index (κ2) is 7.07. The predicted molar refractivity (Wildman–Crippen MR) is 93.3 cm³/mol. The van der Waals surface area contributed by atoms with Crippen LogP contribution in [0.15, 0.2) is 24.3 Å². The molecule has 2 aliphatic heterocycles. The summed E-state index contributed by atoms with van der Waals surface area (Å²) in [6, 6.07) is 7.34. The van der Waals surface area contributed by atoms with Crippen molar-refractivity contribution in [2.45, 2.75) is 44.4 Å². The standard InChI is InChI=1S/C19H24N2O5/c1-13-3-5-14(6-4-13)11-21-15(7-8-16(21)22)17(23)20-10-9-19(12-20,26-2)18(24)25/h3-6,15H,7-12H2,1-2H3,(H,24,25). The number of nitrogens with zero attached hydrogens (tertiary/aromatic N) is 2. The highest BCUT2D eigenvalue weighted by Gasteiger charge is 2.49. The second-order valence-corrected chi connectivity index (χ2v) is 7.08. The Morgan fingerprint density at radius 3 is 2.58 bits per heavy atom. The van der Waals surface area contributed by atoms with Gasteiger partial charge >= 0.3 is 5.97 Å². The lowest BCUT2D eigenvalue weighted by Crippen LogP contribution is -2.49. The van der Waals surface area contributed by atoms with Gasteiger partial charge < -0.3 is 19.6 Å². The molecule has 2 unspecified atom stereocenters. The van der Waals surface area contributed by atoms with E-state index in [0.29, 0.717) is 25.9 Å². The fourth-order valence-corrected chi connectivity index (χ4v) is 3.69. The number of benzene rings is 1. The molecule has 2 aliphatic rings. The third kappa shape index (κ3) is 3.31. The quantitative estimate of drug-likeness (QED) is 0.852. The third-order valence-corrected chi connectivity index (χ3v) is 5.41. The van der Waals surface area contributed by atoms with Gasteiger partial charge in [-0.25, -0.2) is 4.79 Å². The summed E-state index contributed by atoms with van der Waals surface area (Å²) in [5, 5.41) is 9.41. The van der Waals surface area contributed by atoms with Crippen molar-refractivity contribution in [3.63, 3.8) is 0 Å². The number of hydrogen-bond donors (Lipinski definition) is 1. The first-order valence-corrected chi connectivity index (χ1v) is 8.78. The molecule has 3 rings (SSSR count). The van der Waals surface area contributed by atoms with Crippen molar-refractivity contribution < 1.29 is 24.2 Å². The maximum Gasteiger partial charge on any atom is 0.337 e. The molecule has 0 aliphatic carbocycles. The highest BCUT2D eigenvalue weighted by molar-refractivity contribution is 5.92. The number of rotatable bonds is 5. The summed E-state index contributed by atoms with van der Waals surface area (Å²) in [5.41, 5.74) is 0.762. The van der Waals surface area contributed by atoms with Gasteiger partial charge in [-0.3, -0.25) is 9.59 Å². The summed E-state index contributed by atoms with van der Waals surface area (Å²) in [6.45, 7) is 2.72. The number of aryl methyl sites for hydroxylation is 1. The summed E-state index contributed by atoms with van der Waals surface area (Å²) in [5.74, 6) is -1.29. The molecule has 26 heavy (non-hydrogen) atoms. The summed E-state index contributed by atoms with van der Waals surface area (Å²) in [7, 11) is 1.35. The number of ether oxygens (including phenoxy) is 1. The fraction of sp³-hybridized carbons (Fsp3) is 0.526. The molecule has 1 aromatic rings. The number of carbonyl (C=O) groups excluding carboxylic acids is 2. The molecule has 7 nitrogen and oxygen atoms in total. The molecule has 2 amide bonds. The molecule has 0 spiro atoms. The Balaban J connectivity index is 1.73. The van der Waals surface area contributed by atoms with Crippen molar-refractivity contribution in [1.82, 2.24) is 9.80 Å². The minimum absolute atomic E-state index is 0.0146. The van der Waals surface area contributed by atoms with E-state index < -0.39 is 17.6 Å². The van der Waals surface area contributed by atoms with Gasteiger partial charge in [0.25, 0.3) is 0 Å². The summed E-state index contributed by atoms with van der Waals surface area (Å²) in [4.78, 5) is 39.9. The van der Waals surface area contributed by atoms with Crippen molar-refractivity contribution in [3.05, 3.63) is 35.4 Å². The van der Waals surface area contributed by atoms with Gasteiger partial charge in [-0.05, 0) is 18.9 Å². The molecule has 2 fully saturated rings.